The van der Waals surface area contributed by atoms with Crippen LogP contribution in [-0.4, -0.2) is 42.4 Å². The third-order valence-corrected chi connectivity index (χ3v) is 6.02. The summed E-state index contributed by atoms with van der Waals surface area (Å²) in [5, 5.41) is 9.11. The molecule has 1 aromatic rings. The van der Waals surface area contributed by atoms with Crippen LogP contribution in [0.4, 0.5) is 0 Å². The van der Waals surface area contributed by atoms with Gasteiger partial charge in [0.2, 0.25) is 10.0 Å². The summed E-state index contributed by atoms with van der Waals surface area (Å²) in [7, 11) is -3.85. The average molecular weight is 384 g/mol. The van der Waals surface area contributed by atoms with Crippen molar-refractivity contribution >= 4 is 43.5 Å². The van der Waals surface area contributed by atoms with Gasteiger partial charge in [-0.1, -0.05) is 27.5 Å². The van der Waals surface area contributed by atoms with Crippen molar-refractivity contribution in [2.45, 2.75) is 16.9 Å². The Balaban J connectivity index is 2.35. The Bertz CT molecular complexity index is 666. The first-order chi connectivity index (χ1) is 9.17. The molecule has 3 N–H and O–H groups in total. The van der Waals surface area contributed by atoms with Crippen LogP contribution in [0.3, 0.4) is 0 Å². The van der Waals surface area contributed by atoms with E-state index in [1.54, 1.807) is 6.07 Å². The minimum absolute atomic E-state index is 0.0531. The Hall–Kier alpha value is -0.670. The van der Waals surface area contributed by atoms with E-state index in [1.807, 2.05) is 0 Å². The predicted octanol–water partition coefficient (Wildman–Crippen LogP) is 1.28. The largest absolute Gasteiger partial charge is 0.480 e. The lowest BCUT2D eigenvalue weighted by atomic mass is 10.0. The highest BCUT2D eigenvalue weighted by Gasteiger charge is 2.45. The number of carboxylic acid groups (broad SMARTS) is 1. The van der Waals surface area contributed by atoms with E-state index in [1.165, 1.54) is 12.1 Å². The molecule has 0 bridgehead atoms. The molecule has 0 aliphatic carbocycles. The van der Waals surface area contributed by atoms with Crippen molar-refractivity contribution in [1.29, 1.82) is 0 Å². The molecule has 1 aliphatic rings. The maximum atomic E-state index is 12.5. The summed E-state index contributed by atoms with van der Waals surface area (Å²) in [5.41, 5.74) is 4.14. The molecule has 110 valence electrons. The van der Waals surface area contributed by atoms with Crippen molar-refractivity contribution in [3.8, 4) is 0 Å². The van der Waals surface area contributed by atoms with Crippen molar-refractivity contribution in [1.82, 2.24) is 4.31 Å². The molecule has 0 aromatic heterocycles. The third kappa shape index (κ3) is 2.71. The van der Waals surface area contributed by atoms with Crippen molar-refractivity contribution in [3.63, 3.8) is 0 Å². The lowest BCUT2D eigenvalue weighted by Gasteiger charge is -2.20. The van der Waals surface area contributed by atoms with Crippen LogP contribution in [0.1, 0.15) is 6.42 Å². The van der Waals surface area contributed by atoms with Gasteiger partial charge in [0, 0.05) is 17.6 Å². The number of benzene rings is 1. The van der Waals surface area contributed by atoms with E-state index in [0.717, 1.165) is 4.31 Å². The maximum Gasteiger partial charge on any atom is 0.325 e. The molecule has 1 aliphatic heterocycles. The molecule has 0 saturated carbocycles. The van der Waals surface area contributed by atoms with Gasteiger partial charge < -0.3 is 10.8 Å². The van der Waals surface area contributed by atoms with Crippen LogP contribution in [-0.2, 0) is 14.8 Å². The number of hydrogen-bond donors (Lipinski definition) is 2. The van der Waals surface area contributed by atoms with Gasteiger partial charge in [0.05, 0.1) is 5.02 Å². The second-order valence-electron chi connectivity index (χ2n) is 4.62. The van der Waals surface area contributed by atoms with E-state index in [4.69, 9.17) is 22.4 Å². The van der Waals surface area contributed by atoms with Gasteiger partial charge in [-0.05, 0) is 24.6 Å². The zero-order chi connectivity index (χ0) is 15.1. The van der Waals surface area contributed by atoms with Gasteiger partial charge in [-0.15, -0.1) is 0 Å². The molecule has 1 saturated heterocycles. The second kappa shape index (κ2) is 5.27. The molecule has 1 fully saturated rings. The van der Waals surface area contributed by atoms with Gasteiger partial charge in [-0.3, -0.25) is 4.79 Å². The number of halogens is 2. The summed E-state index contributed by atoms with van der Waals surface area (Å²) in [6.45, 7) is -0.214. The Morgan fingerprint density at radius 3 is 2.65 bits per heavy atom. The number of carboxylic acids is 1. The average Bonchev–Trinajstić information content (AvgIpc) is 2.73. The van der Waals surface area contributed by atoms with Crippen molar-refractivity contribution < 1.29 is 18.3 Å². The maximum absolute atomic E-state index is 12.5. The Labute approximate surface area is 129 Å². The fourth-order valence-corrected chi connectivity index (χ4v) is 4.52. The van der Waals surface area contributed by atoms with Crippen LogP contribution in [0.25, 0.3) is 0 Å². The minimum atomic E-state index is -3.85. The van der Waals surface area contributed by atoms with Crippen molar-refractivity contribution in [2.75, 3.05) is 13.1 Å². The van der Waals surface area contributed by atoms with E-state index in [9.17, 15) is 13.2 Å². The summed E-state index contributed by atoms with van der Waals surface area (Å²) in [4.78, 5) is 11.0. The van der Waals surface area contributed by atoms with Crippen LogP contribution in [0, 0.1) is 0 Å². The van der Waals surface area contributed by atoms with E-state index in [2.05, 4.69) is 15.9 Å². The van der Waals surface area contributed by atoms with E-state index in [0.29, 0.717) is 4.47 Å². The fourth-order valence-electron chi connectivity index (χ4n) is 2.00. The fraction of sp³-hybridized carbons (Fsp3) is 0.364. The lowest BCUT2D eigenvalue weighted by molar-refractivity contribution is -0.142. The van der Waals surface area contributed by atoms with Crippen molar-refractivity contribution in [2.24, 2.45) is 5.73 Å². The molecule has 2 rings (SSSR count). The highest BCUT2D eigenvalue weighted by Crippen LogP contribution is 2.31. The number of nitrogens with zero attached hydrogens (tertiary/aromatic N) is 1. The molecule has 1 atom stereocenters. The predicted molar refractivity (Wildman–Crippen MR) is 77.1 cm³/mol. The van der Waals surface area contributed by atoms with Crippen molar-refractivity contribution in [3.05, 3.63) is 27.7 Å². The van der Waals surface area contributed by atoms with E-state index in [-0.39, 0.29) is 29.4 Å². The molecule has 1 aromatic carbocycles. The first-order valence-electron chi connectivity index (χ1n) is 5.64. The zero-order valence-corrected chi connectivity index (χ0v) is 13.4. The van der Waals surface area contributed by atoms with Crippen LogP contribution < -0.4 is 5.73 Å². The molecule has 9 heteroatoms. The summed E-state index contributed by atoms with van der Waals surface area (Å²) >= 11 is 9.14. The number of carbonyl (C=O) groups is 1. The summed E-state index contributed by atoms with van der Waals surface area (Å²) < 4.78 is 26.6. The molecular formula is C11H12BrClN2O4S. The SMILES string of the molecule is NC1(C(=O)O)CCN(S(=O)(=O)c2ccc(Br)cc2Cl)C1. The molecule has 1 unspecified atom stereocenters. The molecule has 6 nitrogen and oxygen atoms in total. The van der Waals surface area contributed by atoms with E-state index < -0.39 is 21.5 Å². The summed E-state index contributed by atoms with van der Waals surface area (Å²) in [5.74, 6) is -1.21. The Morgan fingerprint density at radius 1 is 1.50 bits per heavy atom. The summed E-state index contributed by atoms with van der Waals surface area (Å²) in [6, 6.07) is 4.40. The monoisotopic (exact) mass is 382 g/mol. The lowest BCUT2D eigenvalue weighted by Crippen LogP contribution is -2.50. The first kappa shape index (κ1) is 15.7. The van der Waals surface area contributed by atoms with Gasteiger partial charge in [0.25, 0.3) is 0 Å². The third-order valence-electron chi connectivity index (χ3n) is 3.20. The van der Waals surface area contributed by atoms with Gasteiger partial charge >= 0.3 is 5.97 Å². The van der Waals surface area contributed by atoms with Crippen LogP contribution in [0.15, 0.2) is 27.6 Å². The number of rotatable bonds is 3. The minimum Gasteiger partial charge on any atom is -0.480 e. The molecule has 0 spiro atoms. The Morgan fingerprint density at radius 2 is 2.15 bits per heavy atom. The van der Waals surface area contributed by atoms with Gasteiger partial charge in [0.1, 0.15) is 10.4 Å². The molecule has 20 heavy (non-hydrogen) atoms. The van der Waals surface area contributed by atoms with Gasteiger partial charge in [-0.25, -0.2) is 8.42 Å². The summed E-state index contributed by atoms with van der Waals surface area (Å²) in [6.07, 6.45) is 0.0652. The zero-order valence-electron chi connectivity index (χ0n) is 10.2. The van der Waals surface area contributed by atoms with Gasteiger partial charge in [-0.2, -0.15) is 4.31 Å². The molecule has 0 amide bonds. The van der Waals surface area contributed by atoms with Crippen LogP contribution in [0.2, 0.25) is 5.02 Å². The topological polar surface area (TPSA) is 101 Å². The highest BCUT2D eigenvalue weighted by molar-refractivity contribution is 9.10. The first-order valence-corrected chi connectivity index (χ1v) is 8.25. The quantitative estimate of drug-likeness (QED) is 0.819. The number of sulfonamides is 1. The number of aliphatic carboxylic acids is 1. The van der Waals surface area contributed by atoms with E-state index >= 15 is 0 Å². The number of nitrogens with two attached hydrogens (primary N) is 1. The highest BCUT2D eigenvalue weighted by atomic mass is 79.9. The standard InChI is InChI=1S/C11H12BrClN2O4S/c12-7-1-2-9(8(13)5-7)20(18,19)15-4-3-11(14,6-15)10(16)17/h1-2,5H,3-4,6,14H2,(H,16,17). The Kier molecular flexibility index (Phi) is 4.14. The van der Waals surface area contributed by atoms with Gasteiger partial charge in [0.15, 0.2) is 0 Å². The number of hydrogen-bond acceptors (Lipinski definition) is 4. The van der Waals surface area contributed by atoms with Crippen LogP contribution >= 0.6 is 27.5 Å². The molecule has 0 radical (unpaired) electrons. The van der Waals surface area contributed by atoms with Crippen LogP contribution in [0.5, 0.6) is 0 Å². The second-order valence-corrected chi connectivity index (χ2v) is 7.85. The molecular weight excluding hydrogens is 372 g/mol. The molecule has 1 heterocycles. The normalized spacial score (nSPS) is 23.9. The smallest absolute Gasteiger partial charge is 0.325 e.